The molecular weight excluding hydrogens is 340 g/mol. The second-order valence-corrected chi connectivity index (χ2v) is 7.40. The van der Waals surface area contributed by atoms with Gasteiger partial charge in [0.15, 0.2) is 0 Å². The van der Waals surface area contributed by atoms with Crippen molar-refractivity contribution < 1.29 is 14.3 Å². The first kappa shape index (κ1) is 20.6. The maximum Gasteiger partial charge on any atom is 0.253 e. The summed E-state index contributed by atoms with van der Waals surface area (Å²) >= 11 is 0. The van der Waals surface area contributed by atoms with Crippen LogP contribution < -0.4 is 10.6 Å². The fourth-order valence-electron chi connectivity index (χ4n) is 2.34. The lowest BCUT2D eigenvalue weighted by atomic mass is 9.95. The fraction of sp³-hybridized carbons (Fsp3) is 0.364. The van der Waals surface area contributed by atoms with E-state index < -0.39 is 5.41 Å². The highest BCUT2D eigenvalue weighted by molar-refractivity contribution is 6.04. The van der Waals surface area contributed by atoms with Crippen molar-refractivity contribution in [3.63, 3.8) is 0 Å². The molecule has 0 saturated heterocycles. The number of rotatable bonds is 8. The topological polar surface area (TPSA) is 67.4 Å². The van der Waals surface area contributed by atoms with Gasteiger partial charge >= 0.3 is 0 Å². The van der Waals surface area contributed by atoms with E-state index in [1.807, 2.05) is 51.1 Å². The maximum atomic E-state index is 12.4. The second-order valence-electron chi connectivity index (χ2n) is 7.40. The van der Waals surface area contributed by atoms with Gasteiger partial charge in [0, 0.05) is 18.6 Å². The molecule has 2 aromatic carbocycles. The van der Waals surface area contributed by atoms with E-state index in [-0.39, 0.29) is 11.8 Å². The Labute approximate surface area is 161 Å². The van der Waals surface area contributed by atoms with Gasteiger partial charge in [0.05, 0.1) is 17.9 Å². The van der Waals surface area contributed by atoms with E-state index in [0.29, 0.717) is 31.0 Å². The van der Waals surface area contributed by atoms with Crippen molar-refractivity contribution in [2.45, 2.75) is 33.8 Å². The van der Waals surface area contributed by atoms with Crippen molar-refractivity contribution in [1.29, 1.82) is 0 Å². The Bertz CT molecular complexity index is 752. The van der Waals surface area contributed by atoms with Gasteiger partial charge in [-0.05, 0) is 24.1 Å². The molecule has 2 N–H and O–H groups in total. The summed E-state index contributed by atoms with van der Waals surface area (Å²) in [5.41, 5.74) is 1.58. The first-order valence-electron chi connectivity index (χ1n) is 9.18. The van der Waals surface area contributed by atoms with E-state index in [9.17, 15) is 9.59 Å². The SMILES string of the molecule is CC(C)(C)C(=O)Nc1ccccc1C(=O)NCCCOCc1ccccc1. The summed E-state index contributed by atoms with van der Waals surface area (Å²) in [6.45, 7) is 7.14. The minimum Gasteiger partial charge on any atom is -0.377 e. The van der Waals surface area contributed by atoms with Crippen molar-refractivity contribution in [1.82, 2.24) is 5.32 Å². The number of nitrogens with one attached hydrogen (secondary N) is 2. The van der Waals surface area contributed by atoms with E-state index in [2.05, 4.69) is 10.6 Å². The van der Waals surface area contributed by atoms with Gasteiger partial charge in [-0.2, -0.15) is 0 Å². The lowest BCUT2D eigenvalue weighted by Gasteiger charge is -2.19. The quantitative estimate of drug-likeness (QED) is 0.692. The van der Waals surface area contributed by atoms with Crippen LogP contribution in [0, 0.1) is 5.41 Å². The molecule has 27 heavy (non-hydrogen) atoms. The van der Waals surface area contributed by atoms with E-state index >= 15 is 0 Å². The van der Waals surface area contributed by atoms with Gasteiger partial charge < -0.3 is 15.4 Å². The highest BCUT2D eigenvalue weighted by atomic mass is 16.5. The third-order valence-corrected chi connectivity index (χ3v) is 3.96. The van der Waals surface area contributed by atoms with E-state index in [4.69, 9.17) is 4.74 Å². The molecule has 0 aromatic heterocycles. The molecule has 5 nitrogen and oxygen atoms in total. The highest BCUT2D eigenvalue weighted by Gasteiger charge is 2.22. The minimum atomic E-state index is -0.528. The largest absolute Gasteiger partial charge is 0.377 e. The molecule has 144 valence electrons. The Morgan fingerprint density at radius 3 is 2.33 bits per heavy atom. The van der Waals surface area contributed by atoms with Crippen molar-refractivity contribution in [2.75, 3.05) is 18.5 Å². The van der Waals surface area contributed by atoms with Crippen LogP contribution in [0.15, 0.2) is 54.6 Å². The maximum absolute atomic E-state index is 12.4. The Hall–Kier alpha value is -2.66. The van der Waals surface area contributed by atoms with Crippen molar-refractivity contribution in [2.24, 2.45) is 5.41 Å². The van der Waals surface area contributed by atoms with Gasteiger partial charge in [0.25, 0.3) is 5.91 Å². The molecule has 2 rings (SSSR count). The summed E-state index contributed by atoms with van der Waals surface area (Å²) < 4.78 is 5.61. The summed E-state index contributed by atoms with van der Waals surface area (Å²) in [6, 6.07) is 17.0. The van der Waals surface area contributed by atoms with E-state index in [1.54, 1.807) is 24.3 Å². The number of carbonyl (C=O) groups excluding carboxylic acids is 2. The Balaban J connectivity index is 1.78. The third kappa shape index (κ3) is 6.87. The van der Waals surface area contributed by atoms with Crippen LogP contribution in [0.2, 0.25) is 0 Å². The van der Waals surface area contributed by atoms with Crippen molar-refractivity contribution in [3.05, 3.63) is 65.7 Å². The van der Waals surface area contributed by atoms with Crippen LogP contribution in [0.4, 0.5) is 5.69 Å². The summed E-state index contributed by atoms with van der Waals surface area (Å²) in [5, 5.41) is 5.72. The number of amides is 2. The summed E-state index contributed by atoms with van der Waals surface area (Å²) in [7, 11) is 0. The average molecular weight is 368 g/mol. The van der Waals surface area contributed by atoms with E-state index in [1.165, 1.54) is 0 Å². The van der Waals surface area contributed by atoms with E-state index in [0.717, 1.165) is 12.0 Å². The van der Waals surface area contributed by atoms with Crippen LogP contribution in [-0.2, 0) is 16.1 Å². The molecule has 5 heteroatoms. The Morgan fingerprint density at radius 2 is 1.63 bits per heavy atom. The second kappa shape index (κ2) is 9.88. The first-order chi connectivity index (χ1) is 12.9. The number of benzene rings is 2. The van der Waals surface area contributed by atoms with Crippen LogP contribution in [0.3, 0.4) is 0 Å². The molecule has 2 aromatic rings. The van der Waals surface area contributed by atoms with Crippen LogP contribution in [0.1, 0.15) is 43.1 Å². The molecule has 0 aliphatic rings. The molecule has 0 unspecified atom stereocenters. The van der Waals surface area contributed by atoms with Gasteiger partial charge in [-0.25, -0.2) is 0 Å². The molecular formula is C22H28N2O3. The third-order valence-electron chi connectivity index (χ3n) is 3.96. The van der Waals surface area contributed by atoms with Gasteiger partial charge in [-0.15, -0.1) is 0 Å². The molecule has 0 heterocycles. The van der Waals surface area contributed by atoms with Crippen LogP contribution in [0.25, 0.3) is 0 Å². The summed E-state index contributed by atoms with van der Waals surface area (Å²) in [6.07, 6.45) is 0.717. The van der Waals surface area contributed by atoms with Crippen molar-refractivity contribution in [3.8, 4) is 0 Å². The number of anilines is 1. The molecule has 0 bridgehead atoms. The monoisotopic (exact) mass is 368 g/mol. The number of para-hydroxylation sites is 1. The van der Waals surface area contributed by atoms with Crippen LogP contribution in [0.5, 0.6) is 0 Å². The molecule has 2 amide bonds. The summed E-state index contributed by atoms with van der Waals surface area (Å²) in [5.74, 6) is -0.333. The predicted molar refractivity (Wildman–Crippen MR) is 108 cm³/mol. The molecule has 0 spiro atoms. The molecule has 0 atom stereocenters. The highest BCUT2D eigenvalue weighted by Crippen LogP contribution is 2.20. The van der Waals surface area contributed by atoms with Gasteiger partial charge in [0.2, 0.25) is 5.91 Å². The predicted octanol–water partition coefficient (Wildman–Crippen LogP) is 4.01. The van der Waals surface area contributed by atoms with Crippen molar-refractivity contribution >= 4 is 17.5 Å². The normalized spacial score (nSPS) is 11.1. The molecule has 0 radical (unpaired) electrons. The van der Waals surface area contributed by atoms with Gasteiger partial charge in [-0.1, -0.05) is 63.2 Å². The number of hydrogen-bond acceptors (Lipinski definition) is 3. The molecule has 0 aliphatic carbocycles. The lowest BCUT2D eigenvalue weighted by molar-refractivity contribution is -0.123. The Morgan fingerprint density at radius 1 is 0.963 bits per heavy atom. The molecule has 0 aliphatic heterocycles. The first-order valence-corrected chi connectivity index (χ1v) is 9.18. The smallest absolute Gasteiger partial charge is 0.253 e. The van der Waals surface area contributed by atoms with Crippen LogP contribution >= 0.6 is 0 Å². The van der Waals surface area contributed by atoms with Gasteiger partial charge in [0.1, 0.15) is 0 Å². The fourth-order valence-corrected chi connectivity index (χ4v) is 2.34. The zero-order valence-corrected chi connectivity index (χ0v) is 16.2. The zero-order valence-electron chi connectivity index (χ0n) is 16.2. The zero-order chi connectivity index (χ0) is 19.7. The average Bonchev–Trinajstić information content (AvgIpc) is 2.65. The number of ether oxygens (including phenoxy) is 1. The van der Waals surface area contributed by atoms with Gasteiger partial charge in [-0.3, -0.25) is 9.59 Å². The standard InChI is InChI=1S/C22H28N2O3/c1-22(2,3)21(26)24-19-13-8-7-12-18(19)20(25)23-14-9-15-27-16-17-10-5-4-6-11-17/h4-8,10-13H,9,14-16H2,1-3H3,(H,23,25)(H,24,26). The lowest BCUT2D eigenvalue weighted by Crippen LogP contribution is -2.30. The van der Waals surface area contributed by atoms with Crippen LogP contribution in [-0.4, -0.2) is 25.0 Å². The molecule has 0 fully saturated rings. The number of carbonyl (C=O) groups is 2. The number of hydrogen-bond donors (Lipinski definition) is 2. The minimum absolute atomic E-state index is 0.128. The summed E-state index contributed by atoms with van der Waals surface area (Å²) in [4.78, 5) is 24.6. The Kier molecular flexibility index (Phi) is 7.55. The molecule has 0 saturated carbocycles.